The van der Waals surface area contributed by atoms with Crippen molar-refractivity contribution in [3.05, 3.63) is 95.6 Å². The van der Waals surface area contributed by atoms with Crippen LogP contribution in [0.15, 0.2) is 67.1 Å². The van der Waals surface area contributed by atoms with Crippen LogP contribution >= 0.6 is 0 Å². The Balaban J connectivity index is 1.38. The van der Waals surface area contributed by atoms with E-state index in [0.29, 0.717) is 13.1 Å². The number of aromatic nitrogens is 4. The molecule has 0 saturated carbocycles. The number of imidazole rings is 1. The van der Waals surface area contributed by atoms with Gasteiger partial charge in [-0.25, -0.2) is 9.37 Å². The fourth-order valence-corrected chi connectivity index (χ4v) is 4.68. The average molecular weight is 444 g/mol. The van der Waals surface area contributed by atoms with E-state index in [2.05, 4.69) is 15.2 Å². The molecule has 7 heteroatoms. The highest BCUT2D eigenvalue weighted by Crippen LogP contribution is 2.34. The Morgan fingerprint density at radius 3 is 2.91 bits per heavy atom. The number of amides is 1. The second-order valence-corrected chi connectivity index (χ2v) is 8.56. The van der Waals surface area contributed by atoms with E-state index in [-0.39, 0.29) is 17.6 Å². The summed E-state index contributed by atoms with van der Waals surface area (Å²) in [6, 6.07) is 14.3. The van der Waals surface area contributed by atoms with Crippen LogP contribution < -0.4 is 0 Å². The lowest BCUT2D eigenvalue weighted by molar-refractivity contribution is 0.0704. The van der Waals surface area contributed by atoms with E-state index in [1.54, 1.807) is 18.5 Å². The lowest BCUT2D eigenvalue weighted by Gasteiger charge is -2.33. The standard InChI is InChI=1S/C26H26FN5O/c1-18-28-11-13-31(18)16-20-6-2-3-10-23(20)26(33)32-12-5-8-21(17-32)25-24(15-29-30-25)19-7-4-9-22(27)14-19/h2-4,6-7,9-11,13-15,21H,5,8,12,16-17H2,1H3,(H,29,30)/t21-/m0/s1. The zero-order valence-electron chi connectivity index (χ0n) is 18.5. The van der Waals surface area contributed by atoms with E-state index in [1.165, 1.54) is 12.1 Å². The van der Waals surface area contributed by atoms with Crippen LogP contribution in [0, 0.1) is 12.7 Å². The van der Waals surface area contributed by atoms with Crippen molar-refractivity contribution in [3.63, 3.8) is 0 Å². The number of halogens is 1. The molecule has 4 aromatic rings. The number of nitrogens with zero attached hydrogens (tertiary/aromatic N) is 4. The largest absolute Gasteiger partial charge is 0.338 e. The first-order valence-electron chi connectivity index (χ1n) is 11.2. The van der Waals surface area contributed by atoms with Crippen LogP contribution in [0.3, 0.4) is 0 Å². The van der Waals surface area contributed by atoms with Crippen LogP contribution in [0.4, 0.5) is 4.39 Å². The average Bonchev–Trinajstić information content (AvgIpc) is 3.49. The predicted octanol–water partition coefficient (Wildman–Crippen LogP) is 4.79. The van der Waals surface area contributed by atoms with E-state index in [9.17, 15) is 9.18 Å². The smallest absolute Gasteiger partial charge is 0.254 e. The van der Waals surface area contributed by atoms with Crippen LogP contribution in [0.25, 0.3) is 11.1 Å². The highest BCUT2D eigenvalue weighted by molar-refractivity contribution is 5.95. The molecule has 1 N–H and O–H groups in total. The van der Waals surface area contributed by atoms with Gasteiger partial charge in [0.25, 0.3) is 5.91 Å². The molecule has 6 nitrogen and oxygen atoms in total. The Labute approximate surface area is 192 Å². The lowest BCUT2D eigenvalue weighted by Crippen LogP contribution is -2.39. The van der Waals surface area contributed by atoms with Crippen molar-refractivity contribution in [2.24, 2.45) is 0 Å². The van der Waals surface area contributed by atoms with Gasteiger partial charge in [-0.3, -0.25) is 9.89 Å². The van der Waals surface area contributed by atoms with Gasteiger partial charge in [-0.05, 0) is 49.1 Å². The Hall–Kier alpha value is -3.74. The van der Waals surface area contributed by atoms with Crippen LogP contribution in [-0.2, 0) is 6.54 Å². The van der Waals surface area contributed by atoms with Gasteiger partial charge in [0.2, 0.25) is 0 Å². The molecular weight excluding hydrogens is 417 g/mol. The van der Waals surface area contributed by atoms with Crippen LogP contribution in [0.1, 0.15) is 46.2 Å². The number of piperidine rings is 1. The van der Waals surface area contributed by atoms with Gasteiger partial charge in [0, 0.05) is 54.8 Å². The summed E-state index contributed by atoms with van der Waals surface area (Å²) in [5.41, 5.74) is 4.35. The fraction of sp³-hybridized carbons (Fsp3) is 0.269. The molecule has 5 rings (SSSR count). The van der Waals surface area contributed by atoms with Crippen LogP contribution in [0.2, 0.25) is 0 Å². The molecule has 33 heavy (non-hydrogen) atoms. The molecule has 1 amide bonds. The third-order valence-electron chi connectivity index (χ3n) is 6.43. The van der Waals surface area contributed by atoms with Gasteiger partial charge in [-0.15, -0.1) is 0 Å². The van der Waals surface area contributed by atoms with Crippen molar-refractivity contribution in [2.45, 2.75) is 32.2 Å². The first kappa shape index (κ1) is 21.1. The monoisotopic (exact) mass is 443 g/mol. The van der Waals surface area contributed by atoms with Gasteiger partial charge in [-0.2, -0.15) is 5.10 Å². The molecule has 2 aromatic carbocycles. The van der Waals surface area contributed by atoms with Crippen molar-refractivity contribution >= 4 is 5.91 Å². The number of carbonyl (C=O) groups excluding carboxylic acids is 1. The first-order valence-corrected chi connectivity index (χ1v) is 11.2. The maximum Gasteiger partial charge on any atom is 0.254 e. The van der Waals surface area contributed by atoms with Crippen molar-refractivity contribution in [2.75, 3.05) is 13.1 Å². The Kier molecular flexibility index (Phi) is 5.77. The lowest BCUT2D eigenvalue weighted by atomic mass is 9.90. The molecule has 0 spiro atoms. The summed E-state index contributed by atoms with van der Waals surface area (Å²) < 4.78 is 15.8. The summed E-state index contributed by atoms with van der Waals surface area (Å²) in [5.74, 6) is 0.802. The zero-order chi connectivity index (χ0) is 22.8. The number of hydrogen-bond acceptors (Lipinski definition) is 3. The summed E-state index contributed by atoms with van der Waals surface area (Å²) in [6.07, 6.45) is 7.30. The zero-order valence-corrected chi connectivity index (χ0v) is 18.5. The normalized spacial score (nSPS) is 16.2. The molecule has 0 bridgehead atoms. The molecule has 2 aromatic heterocycles. The van der Waals surface area contributed by atoms with Crippen LogP contribution in [-0.4, -0.2) is 43.6 Å². The molecule has 0 radical (unpaired) electrons. The topological polar surface area (TPSA) is 66.8 Å². The molecule has 3 heterocycles. The number of hydrogen-bond donors (Lipinski definition) is 1. The molecule has 1 saturated heterocycles. The third kappa shape index (κ3) is 4.31. The maximum atomic E-state index is 13.8. The van der Waals surface area contributed by atoms with Gasteiger partial charge < -0.3 is 9.47 Å². The van der Waals surface area contributed by atoms with Crippen LogP contribution in [0.5, 0.6) is 0 Å². The number of H-pyrrole nitrogens is 1. The maximum absolute atomic E-state index is 13.8. The number of aromatic amines is 1. The number of likely N-dealkylation sites (tertiary alicyclic amines) is 1. The number of nitrogens with one attached hydrogen (secondary N) is 1. The molecule has 1 aliphatic rings. The van der Waals surface area contributed by atoms with Gasteiger partial charge in [0.15, 0.2) is 0 Å². The first-order chi connectivity index (χ1) is 16.1. The summed E-state index contributed by atoms with van der Waals surface area (Å²) in [4.78, 5) is 19.8. The Bertz CT molecular complexity index is 1280. The second-order valence-electron chi connectivity index (χ2n) is 8.56. The molecule has 168 valence electrons. The van der Waals surface area contributed by atoms with E-state index in [4.69, 9.17) is 0 Å². The SMILES string of the molecule is Cc1nccn1Cc1ccccc1C(=O)N1CCC[C@H](c2[nH]ncc2-c2cccc(F)c2)C1. The van der Waals surface area contributed by atoms with Crippen molar-refractivity contribution in [1.82, 2.24) is 24.6 Å². The predicted molar refractivity (Wildman–Crippen MR) is 124 cm³/mol. The number of rotatable bonds is 5. The van der Waals surface area contributed by atoms with Gasteiger partial charge >= 0.3 is 0 Å². The number of benzene rings is 2. The third-order valence-corrected chi connectivity index (χ3v) is 6.43. The van der Waals surface area contributed by atoms with Crippen molar-refractivity contribution in [3.8, 4) is 11.1 Å². The summed E-state index contributed by atoms with van der Waals surface area (Å²) in [6.45, 7) is 3.88. The van der Waals surface area contributed by atoms with E-state index < -0.39 is 0 Å². The molecule has 0 aliphatic carbocycles. The highest BCUT2D eigenvalue weighted by atomic mass is 19.1. The summed E-state index contributed by atoms with van der Waals surface area (Å²) in [5, 5.41) is 7.36. The summed E-state index contributed by atoms with van der Waals surface area (Å²) in [7, 11) is 0. The van der Waals surface area contributed by atoms with Gasteiger partial charge in [0.05, 0.1) is 6.20 Å². The molecule has 1 atom stereocenters. The molecule has 1 fully saturated rings. The van der Waals surface area contributed by atoms with Crippen molar-refractivity contribution in [1.29, 1.82) is 0 Å². The fourth-order valence-electron chi connectivity index (χ4n) is 4.68. The highest BCUT2D eigenvalue weighted by Gasteiger charge is 2.29. The minimum Gasteiger partial charge on any atom is -0.338 e. The quantitative estimate of drug-likeness (QED) is 0.482. The second kappa shape index (κ2) is 9.02. The minimum atomic E-state index is -0.273. The molecule has 1 aliphatic heterocycles. The molecular formula is C26H26FN5O. The van der Waals surface area contributed by atoms with E-state index >= 15 is 0 Å². The minimum absolute atomic E-state index is 0.0416. The Morgan fingerprint density at radius 2 is 2.09 bits per heavy atom. The van der Waals surface area contributed by atoms with Gasteiger partial charge in [0.1, 0.15) is 11.6 Å². The van der Waals surface area contributed by atoms with Crippen molar-refractivity contribution < 1.29 is 9.18 Å². The van der Waals surface area contributed by atoms with Gasteiger partial charge in [-0.1, -0.05) is 30.3 Å². The molecule has 0 unspecified atom stereocenters. The van der Waals surface area contributed by atoms with E-state index in [1.807, 2.05) is 52.9 Å². The Morgan fingerprint density at radius 1 is 1.21 bits per heavy atom. The van der Waals surface area contributed by atoms with E-state index in [0.717, 1.165) is 53.2 Å². The number of aryl methyl sites for hydroxylation is 1. The number of carbonyl (C=O) groups is 1. The summed E-state index contributed by atoms with van der Waals surface area (Å²) >= 11 is 0.